The van der Waals surface area contributed by atoms with Crippen LogP contribution >= 0.6 is 11.3 Å². The van der Waals surface area contributed by atoms with Crippen molar-refractivity contribution in [3.63, 3.8) is 0 Å². The first kappa shape index (κ1) is 10.8. The van der Waals surface area contributed by atoms with Crippen LogP contribution in [0.4, 0.5) is 11.6 Å². The zero-order valence-electron chi connectivity index (χ0n) is 8.79. The molecule has 0 aliphatic carbocycles. The molecular formula is C9H12N6S. The predicted octanol–water partition coefficient (Wildman–Crippen LogP) is 0.855. The molecule has 0 atom stereocenters. The molecule has 0 aliphatic rings. The summed E-state index contributed by atoms with van der Waals surface area (Å²) in [5.74, 6) is 6.68. The Morgan fingerprint density at radius 3 is 3.00 bits per heavy atom. The summed E-state index contributed by atoms with van der Waals surface area (Å²) in [6.45, 7) is 0.713. The van der Waals surface area contributed by atoms with Crippen LogP contribution in [0, 0.1) is 0 Å². The fraction of sp³-hybridized carbons (Fsp3) is 0.222. The highest BCUT2D eigenvalue weighted by molar-refractivity contribution is 7.07. The molecule has 0 amide bonds. The summed E-state index contributed by atoms with van der Waals surface area (Å²) in [7, 11) is 1.95. The average Bonchev–Trinajstić information content (AvgIpc) is 2.82. The van der Waals surface area contributed by atoms with Gasteiger partial charge in [0.15, 0.2) is 0 Å². The first-order chi connectivity index (χ1) is 7.79. The Morgan fingerprint density at radius 2 is 2.31 bits per heavy atom. The second-order valence-corrected chi connectivity index (χ2v) is 3.96. The fourth-order valence-corrected chi connectivity index (χ4v) is 1.82. The van der Waals surface area contributed by atoms with Gasteiger partial charge in [-0.2, -0.15) is 0 Å². The zero-order valence-corrected chi connectivity index (χ0v) is 9.61. The molecule has 0 radical (unpaired) electrons. The number of nitrogens with two attached hydrogens (primary N) is 1. The van der Waals surface area contributed by atoms with Gasteiger partial charge in [0, 0.05) is 18.5 Å². The largest absolute Gasteiger partial charge is 0.354 e. The number of nitrogen functional groups attached to an aromatic ring is 1. The maximum atomic E-state index is 5.29. The Morgan fingerprint density at radius 1 is 1.44 bits per heavy atom. The summed E-state index contributed by atoms with van der Waals surface area (Å²) in [5, 5.41) is 2.01. The molecule has 0 bridgehead atoms. The van der Waals surface area contributed by atoms with Gasteiger partial charge in [-0.25, -0.2) is 20.8 Å². The summed E-state index contributed by atoms with van der Waals surface area (Å²) < 4.78 is 0. The van der Waals surface area contributed by atoms with Crippen LogP contribution in [0.1, 0.15) is 5.69 Å². The molecule has 3 N–H and O–H groups in total. The molecular weight excluding hydrogens is 224 g/mol. The highest BCUT2D eigenvalue weighted by Crippen LogP contribution is 2.14. The molecule has 6 nitrogen and oxygen atoms in total. The van der Waals surface area contributed by atoms with Crippen molar-refractivity contribution in [1.82, 2.24) is 15.0 Å². The molecule has 84 valence electrons. The number of hydrazine groups is 1. The lowest BCUT2D eigenvalue weighted by Gasteiger charge is -2.16. The van der Waals surface area contributed by atoms with Gasteiger partial charge in [0.2, 0.25) is 0 Å². The molecule has 2 rings (SSSR count). The highest BCUT2D eigenvalue weighted by Gasteiger charge is 2.05. The topological polar surface area (TPSA) is 80.0 Å². The van der Waals surface area contributed by atoms with Gasteiger partial charge in [0.25, 0.3) is 0 Å². The molecule has 0 unspecified atom stereocenters. The molecule has 2 heterocycles. The third-order valence-electron chi connectivity index (χ3n) is 2.07. The Balaban J connectivity index is 2.11. The molecule has 2 aromatic rings. The van der Waals surface area contributed by atoms with Crippen molar-refractivity contribution in [1.29, 1.82) is 0 Å². The number of thiazole rings is 1. The monoisotopic (exact) mass is 236 g/mol. The Bertz CT molecular complexity index is 443. The fourth-order valence-electron chi connectivity index (χ4n) is 1.27. The lowest BCUT2D eigenvalue weighted by molar-refractivity contribution is 0.869. The first-order valence-electron chi connectivity index (χ1n) is 4.66. The molecule has 0 saturated heterocycles. The molecule has 0 aliphatic heterocycles. The minimum atomic E-state index is 0.593. The number of hydrogen-bond acceptors (Lipinski definition) is 7. The SMILES string of the molecule is CN(Cc1cscn1)c1cc(NN)ncn1. The standard InChI is InChI=1S/C9H12N6S/c1-15(3-7-4-16-6-13-7)9-2-8(14-10)11-5-12-9/h2,4-6H,3,10H2,1H3,(H,11,12,14). The van der Waals surface area contributed by atoms with E-state index >= 15 is 0 Å². The van der Waals surface area contributed by atoms with Crippen LogP contribution in [0.15, 0.2) is 23.3 Å². The van der Waals surface area contributed by atoms with Crippen molar-refractivity contribution in [2.45, 2.75) is 6.54 Å². The van der Waals surface area contributed by atoms with Crippen LogP contribution in [-0.4, -0.2) is 22.0 Å². The second kappa shape index (κ2) is 4.86. The van der Waals surface area contributed by atoms with Crippen molar-refractivity contribution < 1.29 is 0 Å². The summed E-state index contributed by atoms with van der Waals surface area (Å²) in [6, 6.07) is 1.78. The molecule has 16 heavy (non-hydrogen) atoms. The van der Waals surface area contributed by atoms with Gasteiger partial charge in [0.05, 0.1) is 17.7 Å². The third-order valence-corrected chi connectivity index (χ3v) is 2.71. The number of rotatable bonds is 4. The molecule has 0 saturated carbocycles. The Hall–Kier alpha value is -1.73. The van der Waals surface area contributed by atoms with Gasteiger partial charge in [0.1, 0.15) is 18.0 Å². The third kappa shape index (κ3) is 2.44. The molecule has 0 aromatic carbocycles. The summed E-state index contributed by atoms with van der Waals surface area (Å²) in [4.78, 5) is 14.3. The normalized spacial score (nSPS) is 10.1. The van der Waals surface area contributed by atoms with Gasteiger partial charge in [-0.3, -0.25) is 0 Å². The summed E-state index contributed by atoms with van der Waals surface area (Å²) in [6.07, 6.45) is 1.47. The molecule has 7 heteroatoms. The maximum absolute atomic E-state index is 5.29. The van der Waals surface area contributed by atoms with Crippen LogP contribution in [-0.2, 0) is 6.54 Å². The van der Waals surface area contributed by atoms with E-state index in [4.69, 9.17) is 5.84 Å². The van der Waals surface area contributed by atoms with Gasteiger partial charge in [-0.1, -0.05) is 0 Å². The van der Waals surface area contributed by atoms with E-state index < -0.39 is 0 Å². The van der Waals surface area contributed by atoms with Gasteiger partial charge in [-0.05, 0) is 0 Å². The molecule has 0 fully saturated rings. The number of anilines is 2. The maximum Gasteiger partial charge on any atom is 0.145 e. The van der Waals surface area contributed by atoms with E-state index in [9.17, 15) is 0 Å². The van der Waals surface area contributed by atoms with E-state index in [1.165, 1.54) is 6.33 Å². The van der Waals surface area contributed by atoms with E-state index in [1.54, 1.807) is 17.4 Å². The lowest BCUT2D eigenvalue weighted by Crippen LogP contribution is -2.19. The van der Waals surface area contributed by atoms with E-state index in [-0.39, 0.29) is 0 Å². The molecule has 0 spiro atoms. The average molecular weight is 236 g/mol. The van der Waals surface area contributed by atoms with Gasteiger partial charge >= 0.3 is 0 Å². The zero-order chi connectivity index (χ0) is 11.4. The van der Waals surface area contributed by atoms with Crippen LogP contribution in [0.3, 0.4) is 0 Å². The van der Waals surface area contributed by atoms with Crippen LogP contribution in [0.25, 0.3) is 0 Å². The van der Waals surface area contributed by atoms with E-state index in [1.807, 2.05) is 22.8 Å². The second-order valence-electron chi connectivity index (χ2n) is 3.24. The Kier molecular flexibility index (Phi) is 3.28. The van der Waals surface area contributed by atoms with Crippen LogP contribution in [0.5, 0.6) is 0 Å². The number of hydrogen-bond donors (Lipinski definition) is 2. The highest BCUT2D eigenvalue weighted by atomic mass is 32.1. The summed E-state index contributed by atoms with van der Waals surface area (Å²) >= 11 is 1.58. The number of nitrogens with one attached hydrogen (secondary N) is 1. The minimum Gasteiger partial charge on any atom is -0.354 e. The molecule has 2 aromatic heterocycles. The van der Waals surface area contributed by atoms with Crippen LogP contribution < -0.4 is 16.2 Å². The number of nitrogens with zero attached hydrogens (tertiary/aromatic N) is 4. The van der Waals surface area contributed by atoms with Gasteiger partial charge < -0.3 is 10.3 Å². The first-order valence-corrected chi connectivity index (χ1v) is 5.60. The van der Waals surface area contributed by atoms with Crippen molar-refractivity contribution in [3.8, 4) is 0 Å². The lowest BCUT2D eigenvalue weighted by atomic mass is 10.4. The summed E-state index contributed by atoms with van der Waals surface area (Å²) in [5.41, 5.74) is 5.33. The Labute approximate surface area is 97.1 Å². The van der Waals surface area contributed by atoms with E-state index in [0.29, 0.717) is 12.4 Å². The van der Waals surface area contributed by atoms with Crippen molar-refractivity contribution in [2.24, 2.45) is 5.84 Å². The van der Waals surface area contributed by atoms with Crippen molar-refractivity contribution in [2.75, 3.05) is 17.4 Å². The smallest absolute Gasteiger partial charge is 0.145 e. The van der Waals surface area contributed by atoms with Crippen LogP contribution in [0.2, 0.25) is 0 Å². The predicted molar refractivity (Wildman–Crippen MR) is 64.1 cm³/mol. The van der Waals surface area contributed by atoms with E-state index in [0.717, 1.165) is 11.5 Å². The van der Waals surface area contributed by atoms with Crippen molar-refractivity contribution in [3.05, 3.63) is 29.0 Å². The van der Waals surface area contributed by atoms with Gasteiger partial charge in [-0.15, -0.1) is 11.3 Å². The van der Waals surface area contributed by atoms with E-state index in [2.05, 4.69) is 20.4 Å². The van der Waals surface area contributed by atoms with Crippen molar-refractivity contribution >= 4 is 23.0 Å². The minimum absolute atomic E-state index is 0.593. The number of aromatic nitrogens is 3. The quantitative estimate of drug-likeness (QED) is 0.605.